The molecule has 8 nitrogen and oxygen atoms in total. The van der Waals surface area contributed by atoms with Crippen molar-refractivity contribution in [3.8, 4) is 0 Å². The Morgan fingerprint density at radius 2 is 2.07 bits per heavy atom. The molecule has 27 heavy (non-hydrogen) atoms. The Balaban J connectivity index is 1.56. The van der Waals surface area contributed by atoms with E-state index in [2.05, 4.69) is 36.3 Å². The molecule has 3 aromatic rings. The molecule has 0 unspecified atom stereocenters. The zero-order chi connectivity index (χ0) is 19.2. The Hall–Kier alpha value is -3.20. The fourth-order valence-corrected chi connectivity index (χ4v) is 2.54. The number of ether oxygens (including phenoxy) is 1. The minimum Gasteiger partial charge on any atom is -0.465 e. The summed E-state index contributed by atoms with van der Waals surface area (Å²) in [5.74, 6) is -0.138. The lowest BCUT2D eigenvalue weighted by atomic mass is 10.1. The largest absolute Gasteiger partial charge is 0.465 e. The molecule has 1 amide bonds. The zero-order valence-electron chi connectivity index (χ0n) is 14.3. The van der Waals surface area contributed by atoms with E-state index in [1.807, 2.05) is 0 Å². The number of esters is 1. The third-order valence-electron chi connectivity index (χ3n) is 3.52. The Morgan fingerprint density at radius 3 is 2.74 bits per heavy atom. The molecule has 0 saturated carbocycles. The number of hydrazone groups is 1. The highest BCUT2D eigenvalue weighted by Gasteiger charge is 2.11. The van der Waals surface area contributed by atoms with Crippen LogP contribution in [0.15, 0.2) is 62.8 Å². The van der Waals surface area contributed by atoms with Crippen LogP contribution in [0.1, 0.15) is 32.2 Å². The first kappa shape index (κ1) is 18.6. The Kier molecular flexibility index (Phi) is 5.82. The summed E-state index contributed by atoms with van der Waals surface area (Å²) in [5.41, 5.74) is 3.54. The number of rotatable bonds is 6. The summed E-state index contributed by atoms with van der Waals surface area (Å²) in [6.45, 7) is 0.411. The molecule has 0 aliphatic carbocycles. The molecule has 9 heteroatoms. The zero-order valence-corrected chi connectivity index (χ0v) is 15.8. The summed E-state index contributed by atoms with van der Waals surface area (Å²) in [6, 6.07) is 9.89. The molecule has 1 N–H and O–H groups in total. The lowest BCUT2D eigenvalue weighted by Crippen LogP contribution is -2.16. The number of aromatic nitrogens is 2. The summed E-state index contributed by atoms with van der Waals surface area (Å²) in [4.78, 5) is 23.4. The van der Waals surface area contributed by atoms with Gasteiger partial charge in [-0.3, -0.25) is 9.48 Å². The second-order valence-corrected chi connectivity index (χ2v) is 6.35. The van der Waals surface area contributed by atoms with Gasteiger partial charge in [0.25, 0.3) is 0 Å². The van der Waals surface area contributed by atoms with Crippen LogP contribution in [0.5, 0.6) is 0 Å². The Bertz CT molecular complexity index is 975. The number of carbonyl (C=O) groups is 2. The van der Waals surface area contributed by atoms with E-state index in [4.69, 9.17) is 4.42 Å². The van der Waals surface area contributed by atoms with Crippen LogP contribution in [0, 0.1) is 0 Å². The maximum Gasteiger partial charge on any atom is 0.337 e. The second-order valence-electron chi connectivity index (χ2n) is 5.43. The second kappa shape index (κ2) is 8.45. The van der Waals surface area contributed by atoms with Gasteiger partial charge in [-0.25, -0.2) is 10.2 Å². The molecular weight excluding hydrogens is 416 g/mol. The molecule has 0 bridgehead atoms. The summed E-state index contributed by atoms with van der Waals surface area (Å²) < 4.78 is 12.7. The number of hydrogen-bond donors (Lipinski definition) is 1. The van der Waals surface area contributed by atoms with Crippen molar-refractivity contribution in [3.05, 3.63) is 75.9 Å². The molecule has 0 fully saturated rings. The average molecular weight is 431 g/mol. The molecule has 2 heterocycles. The number of nitrogens with one attached hydrogen (secondary N) is 1. The predicted molar refractivity (Wildman–Crippen MR) is 101 cm³/mol. The van der Waals surface area contributed by atoms with Gasteiger partial charge in [-0.05, 0) is 45.8 Å². The van der Waals surface area contributed by atoms with Crippen LogP contribution in [0.4, 0.5) is 0 Å². The van der Waals surface area contributed by atoms with Crippen molar-refractivity contribution < 1.29 is 18.7 Å². The molecule has 0 spiro atoms. The number of benzene rings is 1. The molecule has 0 aliphatic rings. The van der Waals surface area contributed by atoms with E-state index in [9.17, 15) is 9.59 Å². The van der Waals surface area contributed by atoms with E-state index in [1.165, 1.54) is 13.3 Å². The molecule has 0 atom stereocenters. The van der Waals surface area contributed by atoms with E-state index in [-0.39, 0.29) is 5.76 Å². The van der Waals surface area contributed by atoms with Gasteiger partial charge < -0.3 is 9.15 Å². The average Bonchev–Trinajstić information content (AvgIpc) is 3.31. The SMILES string of the molecule is COC(=O)c1ccc(C=NNC(=O)c2ccc(Cn3cc(Br)cn3)o2)cc1. The molecule has 3 rings (SSSR count). The lowest BCUT2D eigenvalue weighted by molar-refractivity contribution is 0.0600. The van der Waals surface area contributed by atoms with Crippen LogP contribution < -0.4 is 5.43 Å². The van der Waals surface area contributed by atoms with Gasteiger partial charge >= 0.3 is 11.9 Å². The smallest absolute Gasteiger partial charge is 0.337 e. The number of methoxy groups -OCH3 is 1. The molecule has 138 valence electrons. The topological polar surface area (TPSA) is 98.7 Å². The van der Waals surface area contributed by atoms with E-state index in [0.29, 0.717) is 23.4 Å². The molecule has 1 aromatic carbocycles. The van der Waals surface area contributed by atoms with Gasteiger partial charge in [0.2, 0.25) is 0 Å². The van der Waals surface area contributed by atoms with Crippen molar-refractivity contribution in [1.29, 1.82) is 0 Å². The first-order valence-electron chi connectivity index (χ1n) is 7.83. The quantitative estimate of drug-likeness (QED) is 0.368. The van der Waals surface area contributed by atoms with Gasteiger partial charge in [0.1, 0.15) is 5.76 Å². The van der Waals surface area contributed by atoms with Crippen LogP contribution in [0.3, 0.4) is 0 Å². The normalized spacial score (nSPS) is 10.9. The highest BCUT2D eigenvalue weighted by molar-refractivity contribution is 9.10. The number of hydrogen-bond acceptors (Lipinski definition) is 6. The van der Waals surface area contributed by atoms with Crippen LogP contribution in [-0.4, -0.2) is 35.0 Å². The van der Waals surface area contributed by atoms with Crippen molar-refractivity contribution >= 4 is 34.0 Å². The maximum absolute atomic E-state index is 12.1. The van der Waals surface area contributed by atoms with Gasteiger partial charge in [0.15, 0.2) is 5.76 Å². The number of halogens is 1. The van der Waals surface area contributed by atoms with Gasteiger partial charge in [-0.2, -0.15) is 10.2 Å². The summed E-state index contributed by atoms with van der Waals surface area (Å²) in [7, 11) is 1.32. The van der Waals surface area contributed by atoms with Crippen molar-refractivity contribution in [2.24, 2.45) is 5.10 Å². The van der Waals surface area contributed by atoms with Gasteiger partial charge in [0.05, 0.1) is 36.1 Å². The minimum absolute atomic E-state index is 0.148. The fourth-order valence-electron chi connectivity index (χ4n) is 2.21. The minimum atomic E-state index is -0.467. The van der Waals surface area contributed by atoms with Crippen LogP contribution >= 0.6 is 15.9 Å². The Morgan fingerprint density at radius 1 is 1.30 bits per heavy atom. The first-order chi connectivity index (χ1) is 13.0. The van der Waals surface area contributed by atoms with E-state index in [0.717, 1.165) is 4.47 Å². The van der Waals surface area contributed by atoms with Gasteiger partial charge in [-0.1, -0.05) is 12.1 Å². The predicted octanol–water partition coefficient (Wildman–Crippen LogP) is 2.84. The maximum atomic E-state index is 12.1. The number of furan rings is 1. The highest BCUT2D eigenvalue weighted by atomic mass is 79.9. The molecule has 2 aromatic heterocycles. The van der Waals surface area contributed by atoms with Gasteiger partial charge in [-0.15, -0.1) is 0 Å². The van der Waals surface area contributed by atoms with Crippen LogP contribution in [0.25, 0.3) is 0 Å². The summed E-state index contributed by atoms with van der Waals surface area (Å²) >= 11 is 3.32. The van der Waals surface area contributed by atoms with Crippen molar-refractivity contribution in [2.75, 3.05) is 7.11 Å². The van der Waals surface area contributed by atoms with Crippen molar-refractivity contribution in [2.45, 2.75) is 6.54 Å². The monoisotopic (exact) mass is 430 g/mol. The van der Waals surface area contributed by atoms with Gasteiger partial charge in [0, 0.05) is 6.20 Å². The number of nitrogens with zero attached hydrogens (tertiary/aromatic N) is 3. The third-order valence-corrected chi connectivity index (χ3v) is 3.93. The van der Waals surface area contributed by atoms with Crippen molar-refractivity contribution in [1.82, 2.24) is 15.2 Å². The molecule has 0 radical (unpaired) electrons. The lowest BCUT2D eigenvalue weighted by Gasteiger charge is -2.00. The molecule has 0 aliphatic heterocycles. The van der Waals surface area contributed by atoms with E-state index < -0.39 is 11.9 Å². The van der Waals surface area contributed by atoms with E-state index >= 15 is 0 Å². The van der Waals surface area contributed by atoms with Crippen molar-refractivity contribution in [3.63, 3.8) is 0 Å². The highest BCUT2D eigenvalue weighted by Crippen LogP contribution is 2.12. The van der Waals surface area contributed by atoms with Crippen LogP contribution in [0.2, 0.25) is 0 Å². The van der Waals surface area contributed by atoms with E-state index in [1.54, 1.807) is 53.5 Å². The molecule has 0 saturated heterocycles. The Labute approximate surface area is 162 Å². The standard InChI is InChI=1S/C18H15BrN4O4/c1-26-18(25)13-4-2-12(3-5-13)8-20-22-17(24)16-7-6-15(27-16)11-23-10-14(19)9-21-23/h2-10H,11H2,1H3,(H,22,24). The number of carbonyl (C=O) groups excluding carboxylic acids is 2. The molecular formula is C18H15BrN4O4. The van der Waals surface area contributed by atoms with Crippen LogP contribution in [-0.2, 0) is 11.3 Å². The first-order valence-corrected chi connectivity index (χ1v) is 8.63. The fraction of sp³-hybridized carbons (Fsp3) is 0.111. The number of amides is 1. The third kappa shape index (κ3) is 4.91. The summed E-state index contributed by atoms with van der Waals surface area (Å²) in [6.07, 6.45) is 4.94. The summed E-state index contributed by atoms with van der Waals surface area (Å²) in [5, 5.41) is 8.01.